The van der Waals surface area contributed by atoms with Gasteiger partial charge in [0.2, 0.25) is 0 Å². The average molecular weight is 295 g/mol. The summed E-state index contributed by atoms with van der Waals surface area (Å²) in [7, 11) is 1.54. The monoisotopic (exact) mass is 295 g/mol. The fourth-order valence-corrected chi connectivity index (χ4v) is 1.84. The molecule has 0 aliphatic heterocycles. The molecule has 1 heterocycles. The second-order valence-corrected chi connectivity index (χ2v) is 4.71. The van der Waals surface area contributed by atoms with Gasteiger partial charge in [-0.3, -0.25) is 0 Å². The van der Waals surface area contributed by atoms with Crippen molar-refractivity contribution in [3.8, 4) is 0 Å². The van der Waals surface area contributed by atoms with E-state index in [0.29, 0.717) is 11.5 Å². The molecule has 0 saturated heterocycles. The van der Waals surface area contributed by atoms with Gasteiger partial charge in [-0.05, 0) is 26.0 Å². The molecule has 112 valence electrons. The zero-order valence-corrected chi connectivity index (χ0v) is 11.9. The van der Waals surface area contributed by atoms with Crippen LogP contribution in [0.4, 0.5) is 19.3 Å². The molecule has 0 spiro atoms. The molecule has 7 heteroatoms. The van der Waals surface area contributed by atoms with E-state index in [0.717, 1.165) is 23.8 Å². The summed E-state index contributed by atoms with van der Waals surface area (Å²) in [4.78, 5) is 13.3. The lowest BCUT2D eigenvalue weighted by Crippen LogP contribution is -2.31. The van der Waals surface area contributed by atoms with E-state index in [1.807, 2.05) is 0 Å². The summed E-state index contributed by atoms with van der Waals surface area (Å²) in [6, 6.07) is 2.31. The summed E-state index contributed by atoms with van der Waals surface area (Å²) in [5.74, 6) is -0.709. The van der Waals surface area contributed by atoms with Crippen molar-refractivity contribution in [2.24, 2.45) is 0 Å². The van der Waals surface area contributed by atoms with Crippen LogP contribution < -0.4 is 5.32 Å². The Kier molecular flexibility index (Phi) is 4.21. The molecule has 0 bridgehead atoms. The summed E-state index contributed by atoms with van der Waals surface area (Å²) in [5, 5.41) is 6.12. The van der Waals surface area contributed by atoms with Crippen molar-refractivity contribution in [2.45, 2.75) is 20.4 Å². The summed E-state index contributed by atoms with van der Waals surface area (Å²) in [5.41, 5.74) is 1.27. The zero-order chi connectivity index (χ0) is 15.6. The summed E-state index contributed by atoms with van der Waals surface area (Å²) >= 11 is 0. The van der Waals surface area contributed by atoms with E-state index in [-0.39, 0.29) is 12.2 Å². The number of aromatic nitrogens is 1. The van der Waals surface area contributed by atoms with E-state index in [1.54, 1.807) is 20.9 Å². The standard InChI is InChI=1S/C14H15F2N3O2/c1-8-11(9(2)21-18-8)7-19(3)14(20)17-13-6-10(15)4-5-12(13)16/h4-6H,7H2,1-3H3,(H,17,20). The molecule has 5 nitrogen and oxygen atoms in total. The van der Waals surface area contributed by atoms with Gasteiger partial charge in [-0.15, -0.1) is 0 Å². The molecule has 2 rings (SSSR count). The van der Waals surface area contributed by atoms with Gasteiger partial charge in [0.1, 0.15) is 17.4 Å². The fourth-order valence-electron chi connectivity index (χ4n) is 1.84. The predicted molar refractivity (Wildman–Crippen MR) is 72.8 cm³/mol. The zero-order valence-electron chi connectivity index (χ0n) is 11.9. The van der Waals surface area contributed by atoms with Crippen LogP contribution in [0.2, 0.25) is 0 Å². The van der Waals surface area contributed by atoms with E-state index in [4.69, 9.17) is 4.52 Å². The van der Waals surface area contributed by atoms with Crippen molar-refractivity contribution in [1.29, 1.82) is 0 Å². The van der Waals surface area contributed by atoms with Gasteiger partial charge >= 0.3 is 6.03 Å². The first kappa shape index (κ1) is 15.0. The molecule has 0 aliphatic rings. The van der Waals surface area contributed by atoms with Gasteiger partial charge in [-0.2, -0.15) is 0 Å². The van der Waals surface area contributed by atoms with Crippen LogP contribution in [0.3, 0.4) is 0 Å². The number of nitrogens with one attached hydrogen (secondary N) is 1. The van der Waals surface area contributed by atoms with Crippen molar-refractivity contribution in [3.63, 3.8) is 0 Å². The van der Waals surface area contributed by atoms with Crippen LogP contribution in [0.25, 0.3) is 0 Å². The molecular weight excluding hydrogens is 280 g/mol. The van der Waals surface area contributed by atoms with E-state index in [2.05, 4.69) is 10.5 Å². The minimum absolute atomic E-state index is 0.203. The quantitative estimate of drug-likeness (QED) is 0.945. The number of carbonyl (C=O) groups excluding carboxylic acids is 1. The fraction of sp³-hybridized carbons (Fsp3) is 0.286. The molecule has 2 amide bonds. The molecule has 0 aliphatic carbocycles. The second kappa shape index (κ2) is 5.90. The number of aryl methyl sites for hydroxylation is 2. The minimum atomic E-state index is -0.699. The molecule has 2 aromatic rings. The van der Waals surface area contributed by atoms with Crippen molar-refractivity contribution in [3.05, 3.63) is 46.9 Å². The molecule has 0 unspecified atom stereocenters. The average Bonchev–Trinajstić information content (AvgIpc) is 2.74. The van der Waals surface area contributed by atoms with E-state index >= 15 is 0 Å². The number of rotatable bonds is 3. The highest BCUT2D eigenvalue weighted by molar-refractivity contribution is 5.89. The van der Waals surface area contributed by atoms with Crippen LogP contribution in [0.5, 0.6) is 0 Å². The van der Waals surface area contributed by atoms with Gasteiger partial charge in [-0.1, -0.05) is 5.16 Å². The Bertz CT molecular complexity index is 651. The SMILES string of the molecule is Cc1noc(C)c1CN(C)C(=O)Nc1cc(F)ccc1F. The van der Waals surface area contributed by atoms with Gasteiger partial charge in [0.05, 0.1) is 17.9 Å². The lowest BCUT2D eigenvalue weighted by atomic mass is 10.2. The number of halogens is 2. The maximum Gasteiger partial charge on any atom is 0.321 e. The molecule has 1 aromatic carbocycles. The largest absolute Gasteiger partial charge is 0.361 e. The van der Waals surface area contributed by atoms with E-state index < -0.39 is 17.7 Å². The van der Waals surface area contributed by atoms with Crippen molar-refractivity contribution >= 4 is 11.7 Å². The number of urea groups is 1. The van der Waals surface area contributed by atoms with Crippen molar-refractivity contribution < 1.29 is 18.1 Å². The Labute approximate surface area is 120 Å². The molecule has 0 radical (unpaired) electrons. The predicted octanol–water partition coefficient (Wildman–Crippen LogP) is 3.23. The minimum Gasteiger partial charge on any atom is -0.361 e. The molecule has 1 N–H and O–H groups in total. The molecule has 0 fully saturated rings. The van der Waals surface area contributed by atoms with Gasteiger partial charge in [0, 0.05) is 18.7 Å². The Hall–Kier alpha value is -2.44. The first-order valence-corrected chi connectivity index (χ1v) is 6.27. The lowest BCUT2D eigenvalue weighted by molar-refractivity contribution is 0.220. The summed E-state index contributed by atoms with van der Waals surface area (Å²) in [6.07, 6.45) is 0. The summed E-state index contributed by atoms with van der Waals surface area (Å²) in [6.45, 7) is 3.76. The van der Waals surface area contributed by atoms with Crippen molar-refractivity contribution in [1.82, 2.24) is 10.1 Å². The van der Waals surface area contributed by atoms with Crippen LogP contribution in [0.1, 0.15) is 17.0 Å². The number of benzene rings is 1. The second-order valence-electron chi connectivity index (χ2n) is 4.71. The van der Waals surface area contributed by atoms with E-state index in [1.165, 1.54) is 4.90 Å². The normalized spacial score (nSPS) is 10.5. The third kappa shape index (κ3) is 3.36. The lowest BCUT2D eigenvalue weighted by Gasteiger charge is -2.18. The first-order chi connectivity index (χ1) is 9.88. The molecule has 1 aromatic heterocycles. The maximum atomic E-state index is 13.5. The van der Waals surface area contributed by atoms with Crippen LogP contribution in [0, 0.1) is 25.5 Å². The Morgan fingerprint density at radius 3 is 2.71 bits per heavy atom. The number of hydrogen-bond acceptors (Lipinski definition) is 3. The van der Waals surface area contributed by atoms with Crippen molar-refractivity contribution in [2.75, 3.05) is 12.4 Å². The van der Waals surface area contributed by atoms with Crippen LogP contribution in [0.15, 0.2) is 22.7 Å². The first-order valence-electron chi connectivity index (χ1n) is 6.27. The van der Waals surface area contributed by atoms with Gasteiger partial charge in [0.25, 0.3) is 0 Å². The number of carbonyl (C=O) groups is 1. The van der Waals surface area contributed by atoms with E-state index in [9.17, 15) is 13.6 Å². The molecule has 0 saturated carbocycles. The third-order valence-electron chi connectivity index (χ3n) is 3.09. The number of amides is 2. The molecular formula is C14H15F2N3O2. The van der Waals surface area contributed by atoms with Gasteiger partial charge < -0.3 is 14.7 Å². The molecule has 21 heavy (non-hydrogen) atoms. The Morgan fingerprint density at radius 1 is 1.38 bits per heavy atom. The smallest absolute Gasteiger partial charge is 0.321 e. The number of nitrogens with zero attached hydrogens (tertiary/aromatic N) is 2. The topological polar surface area (TPSA) is 58.4 Å². The van der Waals surface area contributed by atoms with Crippen LogP contribution in [-0.4, -0.2) is 23.1 Å². The highest BCUT2D eigenvalue weighted by Crippen LogP contribution is 2.17. The highest BCUT2D eigenvalue weighted by Gasteiger charge is 2.16. The van der Waals surface area contributed by atoms with Gasteiger partial charge in [0.15, 0.2) is 0 Å². The van der Waals surface area contributed by atoms with Gasteiger partial charge in [-0.25, -0.2) is 13.6 Å². The van der Waals surface area contributed by atoms with Crippen LogP contribution in [-0.2, 0) is 6.54 Å². The third-order valence-corrected chi connectivity index (χ3v) is 3.09. The Morgan fingerprint density at radius 2 is 2.10 bits per heavy atom. The highest BCUT2D eigenvalue weighted by atomic mass is 19.1. The van der Waals surface area contributed by atoms with Crippen LogP contribution >= 0.6 is 0 Å². The number of hydrogen-bond donors (Lipinski definition) is 1. The number of anilines is 1. The summed E-state index contributed by atoms with van der Waals surface area (Å²) < 4.78 is 31.5. The molecule has 0 atom stereocenters. The maximum absolute atomic E-state index is 13.5. The Balaban J connectivity index is 2.08.